The molecule has 18 heavy (non-hydrogen) atoms. The second-order valence-corrected chi connectivity index (χ2v) is 10.6. The van der Waals surface area contributed by atoms with Crippen LogP contribution < -0.4 is 0 Å². The van der Waals surface area contributed by atoms with Crippen LogP contribution in [0.2, 0.25) is 19.6 Å². The quantitative estimate of drug-likeness (QED) is 0.689. The van der Waals surface area contributed by atoms with E-state index in [1.54, 1.807) is 45.6 Å². The second-order valence-electron chi connectivity index (χ2n) is 6.19. The molecule has 0 heterocycles. The standard InChI is InChI=1S/C12H26F3NOSi/c1-8-10(9-16(3)4)11(2,12(13,14)15)17-18(5,6)7/h10H,8-9H2,1-7H3. The Morgan fingerprint density at radius 2 is 1.61 bits per heavy atom. The first-order valence-corrected chi connectivity index (χ1v) is 9.66. The molecule has 0 aromatic rings. The van der Waals surface area contributed by atoms with Crippen molar-refractivity contribution >= 4 is 8.32 Å². The van der Waals surface area contributed by atoms with Gasteiger partial charge in [-0.25, -0.2) is 0 Å². The highest BCUT2D eigenvalue weighted by Gasteiger charge is 2.57. The van der Waals surface area contributed by atoms with Gasteiger partial charge in [-0.05, 0) is 47.1 Å². The Hall–Kier alpha value is -0.0731. The van der Waals surface area contributed by atoms with Crippen LogP contribution in [-0.4, -0.2) is 45.6 Å². The maximum Gasteiger partial charge on any atom is 0.416 e. The number of halogens is 3. The zero-order valence-electron chi connectivity index (χ0n) is 12.5. The molecular formula is C12H26F3NOSi. The SMILES string of the molecule is CCC(CN(C)C)C(C)(O[Si](C)(C)C)C(F)(F)F. The van der Waals surface area contributed by atoms with Crippen LogP contribution in [0.15, 0.2) is 0 Å². The van der Waals surface area contributed by atoms with E-state index in [0.29, 0.717) is 13.0 Å². The largest absolute Gasteiger partial charge is 0.416 e. The Bertz CT molecular complexity index is 263. The molecule has 0 aromatic heterocycles. The first-order chi connectivity index (χ1) is 7.83. The Labute approximate surface area is 110 Å². The lowest BCUT2D eigenvalue weighted by Crippen LogP contribution is -2.57. The van der Waals surface area contributed by atoms with Crippen LogP contribution >= 0.6 is 0 Å². The molecule has 2 atom stereocenters. The summed E-state index contributed by atoms with van der Waals surface area (Å²) in [5.41, 5.74) is -2.06. The molecule has 0 rings (SSSR count). The van der Waals surface area contributed by atoms with Crippen molar-refractivity contribution in [2.45, 2.75) is 51.7 Å². The zero-order chi connectivity index (χ0) is 14.8. The summed E-state index contributed by atoms with van der Waals surface area (Å²) in [5.74, 6) is -0.556. The molecule has 0 saturated heterocycles. The number of nitrogens with zero attached hydrogens (tertiary/aromatic N) is 1. The van der Waals surface area contributed by atoms with Gasteiger partial charge in [-0.3, -0.25) is 0 Å². The molecule has 0 spiro atoms. The van der Waals surface area contributed by atoms with Crippen molar-refractivity contribution < 1.29 is 17.6 Å². The van der Waals surface area contributed by atoms with E-state index < -0.39 is 26.0 Å². The van der Waals surface area contributed by atoms with E-state index >= 15 is 0 Å². The monoisotopic (exact) mass is 285 g/mol. The van der Waals surface area contributed by atoms with E-state index in [0.717, 1.165) is 0 Å². The number of hydrogen-bond donors (Lipinski definition) is 0. The smallest absolute Gasteiger partial charge is 0.404 e. The van der Waals surface area contributed by atoms with Crippen molar-refractivity contribution in [1.82, 2.24) is 4.90 Å². The molecule has 110 valence electrons. The highest BCUT2D eigenvalue weighted by Crippen LogP contribution is 2.42. The highest BCUT2D eigenvalue weighted by molar-refractivity contribution is 6.69. The summed E-state index contributed by atoms with van der Waals surface area (Å²) in [6, 6.07) is 0. The van der Waals surface area contributed by atoms with Gasteiger partial charge in [0, 0.05) is 12.5 Å². The fraction of sp³-hybridized carbons (Fsp3) is 1.00. The lowest BCUT2D eigenvalue weighted by molar-refractivity contribution is -0.265. The maximum absolute atomic E-state index is 13.4. The molecule has 0 amide bonds. The van der Waals surface area contributed by atoms with Crippen molar-refractivity contribution in [2.24, 2.45) is 5.92 Å². The summed E-state index contributed by atoms with van der Waals surface area (Å²) in [6.07, 6.45) is -3.90. The minimum absolute atomic E-state index is 0.372. The highest BCUT2D eigenvalue weighted by atomic mass is 28.4. The van der Waals surface area contributed by atoms with E-state index in [4.69, 9.17) is 4.43 Å². The predicted molar refractivity (Wildman–Crippen MR) is 71.2 cm³/mol. The average Bonchev–Trinajstić information content (AvgIpc) is 2.08. The summed E-state index contributed by atoms with van der Waals surface area (Å²) in [5, 5.41) is 0. The normalized spacial score (nSPS) is 18.8. The van der Waals surface area contributed by atoms with Crippen molar-refractivity contribution in [3.63, 3.8) is 0 Å². The van der Waals surface area contributed by atoms with E-state index in [-0.39, 0.29) is 0 Å². The van der Waals surface area contributed by atoms with Gasteiger partial charge in [-0.15, -0.1) is 0 Å². The third-order valence-corrected chi connectivity index (χ3v) is 3.97. The third kappa shape index (κ3) is 4.89. The van der Waals surface area contributed by atoms with Crippen molar-refractivity contribution in [1.29, 1.82) is 0 Å². The number of hydrogen-bond acceptors (Lipinski definition) is 2. The lowest BCUT2D eigenvalue weighted by atomic mass is 9.86. The lowest BCUT2D eigenvalue weighted by Gasteiger charge is -2.43. The summed E-state index contributed by atoms with van der Waals surface area (Å²) >= 11 is 0. The van der Waals surface area contributed by atoms with Gasteiger partial charge in [-0.2, -0.15) is 13.2 Å². The van der Waals surface area contributed by atoms with Crippen LogP contribution in [0, 0.1) is 5.92 Å². The Morgan fingerprint density at radius 1 is 1.17 bits per heavy atom. The summed E-state index contributed by atoms with van der Waals surface area (Å²) in [4.78, 5) is 1.78. The molecule has 0 aliphatic heterocycles. The molecule has 6 heteroatoms. The fourth-order valence-electron chi connectivity index (χ4n) is 2.14. The van der Waals surface area contributed by atoms with Crippen LogP contribution in [-0.2, 0) is 4.43 Å². The zero-order valence-corrected chi connectivity index (χ0v) is 13.5. The van der Waals surface area contributed by atoms with Gasteiger partial charge >= 0.3 is 6.18 Å². The van der Waals surface area contributed by atoms with E-state index in [1.165, 1.54) is 6.92 Å². The van der Waals surface area contributed by atoms with Gasteiger partial charge in [0.1, 0.15) is 0 Å². The molecule has 2 nitrogen and oxygen atoms in total. The summed E-state index contributed by atoms with van der Waals surface area (Å²) in [7, 11) is 1.30. The minimum atomic E-state index is -4.34. The topological polar surface area (TPSA) is 12.5 Å². The van der Waals surface area contributed by atoms with Gasteiger partial charge in [0.2, 0.25) is 0 Å². The van der Waals surface area contributed by atoms with Gasteiger partial charge in [-0.1, -0.05) is 6.92 Å². The molecule has 0 fully saturated rings. The number of alkyl halides is 3. The van der Waals surface area contributed by atoms with Crippen LogP contribution in [0.5, 0.6) is 0 Å². The molecular weight excluding hydrogens is 259 g/mol. The van der Waals surface area contributed by atoms with Crippen LogP contribution in [0.1, 0.15) is 20.3 Å². The Balaban J connectivity index is 5.31. The minimum Gasteiger partial charge on any atom is -0.404 e. The number of rotatable bonds is 6. The third-order valence-electron chi connectivity index (χ3n) is 2.94. The van der Waals surface area contributed by atoms with Gasteiger partial charge in [0.05, 0.1) is 0 Å². The molecule has 0 saturated carbocycles. The Kier molecular flexibility index (Phi) is 5.90. The predicted octanol–water partition coefficient (Wildman–Crippen LogP) is 3.75. The van der Waals surface area contributed by atoms with Crippen LogP contribution in [0.25, 0.3) is 0 Å². The maximum atomic E-state index is 13.4. The van der Waals surface area contributed by atoms with E-state index in [9.17, 15) is 13.2 Å². The molecule has 0 aliphatic rings. The van der Waals surface area contributed by atoms with E-state index in [1.807, 2.05) is 0 Å². The molecule has 2 unspecified atom stereocenters. The summed E-state index contributed by atoms with van der Waals surface area (Å²) in [6.45, 7) is 8.73. The van der Waals surface area contributed by atoms with E-state index in [2.05, 4.69) is 0 Å². The van der Waals surface area contributed by atoms with Gasteiger partial charge in [0.25, 0.3) is 0 Å². The molecule has 0 aromatic carbocycles. The first kappa shape index (κ1) is 17.9. The molecule has 0 radical (unpaired) electrons. The van der Waals surface area contributed by atoms with Gasteiger partial charge in [0.15, 0.2) is 13.9 Å². The average molecular weight is 285 g/mol. The van der Waals surface area contributed by atoms with Crippen molar-refractivity contribution in [3.8, 4) is 0 Å². The molecule has 0 aliphatic carbocycles. The summed E-state index contributed by atoms with van der Waals surface area (Å²) < 4.78 is 45.7. The van der Waals surface area contributed by atoms with Crippen molar-refractivity contribution in [3.05, 3.63) is 0 Å². The van der Waals surface area contributed by atoms with Crippen molar-refractivity contribution in [2.75, 3.05) is 20.6 Å². The Morgan fingerprint density at radius 3 is 1.83 bits per heavy atom. The first-order valence-electron chi connectivity index (χ1n) is 6.25. The van der Waals surface area contributed by atoms with Gasteiger partial charge < -0.3 is 9.33 Å². The fourth-order valence-corrected chi connectivity index (χ4v) is 3.70. The molecule has 0 N–H and O–H groups in total. The van der Waals surface area contributed by atoms with Crippen LogP contribution in [0.3, 0.4) is 0 Å². The second kappa shape index (κ2) is 5.92. The van der Waals surface area contributed by atoms with Crippen LogP contribution in [0.4, 0.5) is 13.2 Å². The molecule has 0 bridgehead atoms.